The highest BCUT2D eigenvalue weighted by molar-refractivity contribution is 6.24. The van der Waals surface area contributed by atoms with Gasteiger partial charge in [0.15, 0.2) is 11.4 Å². The van der Waals surface area contributed by atoms with Crippen LogP contribution in [0, 0.1) is 11.8 Å². The van der Waals surface area contributed by atoms with E-state index in [1.165, 1.54) is 4.90 Å². The number of likely N-dealkylation sites (N-methyl/N-ethyl adjacent to an activating group) is 1. The lowest BCUT2D eigenvalue weighted by atomic mass is 9.57. The number of nitrogens with zero attached hydrogens (tertiary/aromatic N) is 2. The number of amides is 1. The van der Waals surface area contributed by atoms with Gasteiger partial charge in [0.2, 0.25) is 5.78 Å². The molecule has 1 saturated carbocycles. The molecule has 4 atom stereocenters. The smallest absolute Gasteiger partial charge is 0.255 e. The van der Waals surface area contributed by atoms with Gasteiger partial charge in [-0.05, 0) is 62.0 Å². The van der Waals surface area contributed by atoms with Crippen LogP contribution in [0.1, 0.15) is 30.0 Å². The molecule has 10 heteroatoms. The van der Waals surface area contributed by atoms with E-state index in [0.717, 1.165) is 17.7 Å². The first-order valence-corrected chi connectivity index (χ1v) is 13.6. The van der Waals surface area contributed by atoms with Gasteiger partial charge in [-0.1, -0.05) is 31.2 Å². The van der Waals surface area contributed by atoms with Crippen LogP contribution in [0.15, 0.2) is 47.2 Å². The summed E-state index contributed by atoms with van der Waals surface area (Å²) in [5.41, 5.74) is 5.43. The summed E-state index contributed by atoms with van der Waals surface area (Å²) in [6.45, 7) is 2.04. The summed E-state index contributed by atoms with van der Waals surface area (Å²) in [5.74, 6) is -6.64. The van der Waals surface area contributed by atoms with Gasteiger partial charge in [-0.25, -0.2) is 0 Å². The summed E-state index contributed by atoms with van der Waals surface area (Å²) in [6, 6.07) is 8.38. The Labute approximate surface area is 238 Å². The molecule has 3 aliphatic rings. The Morgan fingerprint density at radius 1 is 1.07 bits per heavy atom. The van der Waals surface area contributed by atoms with E-state index in [1.54, 1.807) is 14.1 Å². The predicted octanol–water partition coefficient (Wildman–Crippen LogP) is 2.26. The molecule has 6 N–H and O–H groups in total. The van der Waals surface area contributed by atoms with Crippen LogP contribution in [0.2, 0.25) is 0 Å². The van der Waals surface area contributed by atoms with E-state index in [2.05, 4.69) is 0 Å². The van der Waals surface area contributed by atoms with Gasteiger partial charge < -0.3 is 31.1 Å². The molecule has 41 heavy (non-hydrogen) atoms. The second-order valence-corrected chi connectivity index (χ2v) is 11.6. The third-order valence-electron chi connectivity index (χ3n) is 8.85. The fourth-order valence-corrected chi connectivity index (χ4v) is 6.83. The summed E-state index contributed by atoms with van der Waals surface area (Å²) < 4.78 is 0. The molecule has 216 valence electrons. The van der Waals surface area contributed by atoms with Crippen LogP contribution < -0.4 is 10.6 Å². The number of aliphatic hydroxyl groups is 3. The zero-order valence-corrected chi connectivity index (χ0v) is 23.7. The van der Waals surface area contributed by atoms with Crippen LogP contribution in [0.25, 0.3) is 16.9 Å². The number of ketones is 2. The van der Waals surface area contributed by atoms with Crippen LogP contribution in [-0.4, -0.2) is 82.6 Å². The molecule has 0 spiro atoms. The van der Waals surface area contributed by atoms with E-state index >= 15 is 0 Å². The van der Waals surface area contributed by atoms with Gasteiger partial charge >= 0.3 is 0 Å². The van der Waals surface area contributed by atoms with E-state index in [0.29, 0.717) is 16.7 Å². The van der Waals surface area contributed by atoms with Crippen molar-refractivity contribution >= 4 is 28.9 Å². The van der Waals surface area contributed by atoms with Crippen LogP contribution in [0.5, 0.6) is 5.75 Å². The van der Waals surface area contributed by atoms with E-state index in [4.69, 9.17) is 5.73 Å². The van der Waals surface area contributed by atoms with Crippen molar-refractivity contribution < 1.29 is 34.8 Å². The van der Waals surface area contributed by atoms with Crippen molar-refractivity contribution in [2.75, 3.05) is 33.1 Å². The molecule has 0 aliphatic heterocycles. The second kappa shape index (κ2) is 9.74. The molecule has 10 nitrogen and oxygen atoms in total. The number of anilines is 1. The monoisotopic (exact) mass is 561 g/mol. The van der Waals surface area contributed by atoms with Gasteiger partial charge in [0, 0.05) is 36.8 Å². The Hall–Kier alpha value is -4.15. The predicted molar refractivity (Wildman–Crippen MR) is 153 cm³/mol. The summed E-state index contributed by atoms with van der Waals surface area (Å²) in [5, 5.41) is 46.0. The molecular formula is C31H35N3O7. The Balaban J connectivity index is 1.76. The second-order valence-electron chi connectivity index (χ2n) is 11.6. The number of carbonyl (C=O) groups excluding carboxylic acids is 3. The number of Topliss-reactive ketones (excluding diaryl/α,β-unsaturated/α-hetero) is 2. The topological polar surface area (TPSA) is 165 Å². The van der Waals surface area contributed by atoms with Gasteiger partial charge in [0.05, 0.1) is 11.6 Å². The minimum absolute atomic E-state index is 0.0413. The molecule has 5 rings (SSSR count). The number of benzene rings is 2. The molecule has 0 aromatic heterocycles. The molecule has 2 aromatic rings. The SMILES string of the molecule is CCc1ccc(-c2cc(N(C)C)c3c(c2O)C(O)=C2C(=O)[C@]4(O)C(O)=C(C(N)=O)C(=O)C(N(C)C)[C@H]4C[C@H]2C3)cc1. The minimum atomic E-state index is -2.67. The standard InChI is InChI=1S/C31H35N3O7/c1-6-14-7-9-15(10-8-14)17-13-20(33(2)3)18-11-16-12-19-24(34(4)5)27(37)23(30(32)40)29(39)31(19,41)28(38)21(16)26(36)22(18)25(17)35/h7-10,13,16,19,24,35-36,39,41H,6,11-12H2,1-5H3,(H2,32,40)/t16-,19-,24?,31+/m1/s1. The number of aryl methyl sites for hydroxylation is 1. The lowest BCUT2D eigenvalue weighted by Crippen LogP contribution is -2.65. The van der Waals surface area contributed by atoms with Crippen molar-refractivity contribution in [2.24, 2.45) is 17.6 Å². The number of hydrogen-bond donors (Lipinski definition) is 5. The summed E-state index contributed by atoms with van der Waals surface area (Å²) in [7, 11) is 6.83. The summed E-state index contributed by atoms with van der Waals surface area (Å²) in [6.07, 6.45) is 1.11. The van der Waals surface area contributed by atoms with E-state index < -0.39 is 58.0 Å². The molecule has 3 aliphatic carbocycles. The molecule has 1 fully saturated rings. The minimum Gasteiger partial charge on any atom is -0.508 e. The van der Waals surface area contributed by atoms with Crippen LogP contribution in [0.3, 0.4) is 0 Å². The highest BCUT2D eigenvalue weighted by atomic mass is 16.3. The lowest BCUT2D eigenvalue weighted by molar-refractivity contribution is -0.153. The van der Waals surface area contributed by atoms with E-state index in [9.17, 15) is 34.8 Å². The normalized spacial score (nSPS) is 25.7. The number of aliphatic hydroxyl groups excluding tert-OH is 2. The lowest BCUT2D eigenvalue weighted by Gasteiger charge is -2.50. The third-order valence-corrected chi connectivity index (χ3v) is 8.85. The fourth-order valence-electron chi connectivity index (χ4n) is 6.83. The average molecular weight is 562 g/mol. The third kappa shape index (κ3) is 3.96. The highest BCUT2D eigenvalue weighted by Gasteiger charge is 2.64. The molecular weight excluding hydrogens is 526 g/mol. The first kappa shape index (κ1) is 28.4. The summed E-state index contributed by atoms with van der Waals surface area (Å²) >= 11 is 0. The molecule has 1 unspecified atom stereocenters. The quantitative estimate of drug-likeness (QED) is 0.344. The largest absolute Gasteiger partial charge is 0.508 e. The number of phenolic OH excluding ortho intramolecular Hbond substituents is 1. The van der Waals surface area contributed by atoms with Crippen molar-refractivity contribution in [1.82, 2.24) is 4.90 Å². The van der Waals surface area contributed by atoms with Gasteiger partial charge in [0.1, 0.15) is 22.8 Å². The molecule has 0 bridgehead atoms. The fraction of sp³-hybridized carbons (Fsp3) is 0.387. The van der Waals surface area contributed by atoms with Gasteiger partial charge in [-0.3, -0.25) is 19.3 Å². The molecule has 0 heterocycles. The number of aromatic hydroxyl groups is 1. The van der Waals surface area contributed by atoms with Crippen LogP contribution >= 0.6 is 0 Å². The van der Waals surface area contributed by atoms with Crippen molar-refractivity contribution in [1.29, 1.82) is 0 Å². The van der Waals surface area contributed by atoms with Crippen molar-refractivity contribution in [3.05, 3.63) is 63.9 Å². The number of hydrogen-bond acceptors (Lipinski definition) is 9. The number of nitrogens with two attached hydrogens (primary N) is 1. The Morgan fingerprint density at radius 2 is 1.71 bits per heavy atom. The first-order valence-electron chi connectivity index (χ1n) is 13.6. The molecule has 0 saturated heterocycles. The molecule has 0 radical (unpaired) electrons. The maximum atomic E-state index is 14.1. The van der Waals surface area contributed by atoms with Crippen LogP contribution in [-0.2, 0) is 27.2 Å². The van der Waals surface area contributed by atoms with Crippen LogP contribution in [0.4, 0.5) is 5.69 Å². The number of fused-ring (bicyclic) bond motifs is 3. The Morgan fingerprint density at radius 3 is 2.24 bits per heavy atom. The summed E-state index contributed by atoms with van der Waals surface area (Å²) in [4.78, 5) is 42.9. The van der Waals surface area contributed by atoms with Gasteiger partial charge in [0.25, 0.3) is 5.91 Å². The maximum absolute atomic E-state index is 14.1. The van der Waals surface area contributed by atoms with Crippen molar-refractivity contribution in [3.63, 3.8) is 0 Å². The van der Waals surface area contributed by atoms with Crippen molar-refractivity contribution in [2.45, 2.75) is 37.8 Å². The number of primary amides is 1. The zero-order chi connectivity index (χ0) is 30.1. The zero-order valence-electron chi connectivity index (χ0n) is 23.7. The number of carbonyl (C=O) groups is 3. The van der Waals surface area contributed by atoms with Crippen molar-refractivity contribution in [3.8, 4) is 16.9 Å². The number of rotatable bonds is 5. The highest BCUT2D eigenvalue weighted by Crippen LogP contribution is 2.54. The molecule has 2 aromatic carbocycles. The first-order chi connectivity index (χ1) is 19.2. The van der Waals surface area contributed by atoms with Gasteiger partial charge in [-0.15, -0.1) is 0 Å². The molecule has 1 amide bonds. The van der Waals surface area contributed by atoms with E-state index in [1.807, 2.05) is 56.3 Å². The van der Waals surface area contributed by atoms with E-state index in [-0.39, 0.29) is 29.7 Å². The Kier molecular flexibility index (Phi) is 6.74. The van der Waals surface area contributed by atoms with Gasteiger partial charge in [-0.2, -0.15) is 0 Å². The average Bonchev–Trinajstić information content (AvgIpc) is 2.90. The number of phenols is 1. The maximum Gasteiger partial charge on any atom is 0.255 e. The Bertz CT molecular complexity index is 1550.